The van der Waals surface area contributed by atoms with Crippen LogP contribution in [0.2, 0.25) is 0 Å². The van der Waals surface area contributed by atoms with Gasteiger partial charge in [-0.3, -0.25) is 0 Å². The number of benzene rings is 7. The molecule has 2 heterocycles. The fourth-order valence-electron chi connectivity index (χ4n) is 7.85. The molecule has 0 bridgehead atoms. The maximum absolute atomic E-state index is 2.50. The Kier molecular flexibility index (Phi) is 7.18. The minimum atomic E-state index is 1.10. The largest absolute Gasteiger partial charge is 0.311 e. The van der Waals surface area contributed by atoms with Gasteiger partial charge >= 0.3 is 0 Å². The quantitative estimate of drug-likeness (QED) is 0.171. The van der Waals surface area contributed by atoms with E-state index in [0.29, 0.717) is 0 Å². The molecule has 1 aliphatic carbocycles. The molecule has 2 aromatic heterocycles. The lowest BCUT2D eigenvalue weighted by Gasteiger charge is -2.25. The van der Waals surface area contributed by atoms with Gasteiger partial charge in [-0.1, -0.05) is 115 Å². The summed E-state index contributed by atoms with van der Waals surface area (Å²) in [7, 11) is 0. The van der Waals surface area contributed by atoms with Gasteiger partial charge in [-0.25, -0.2) is 0 Å². The zero-order chi connectivity index (χ0) is 33.7. The van der Waals surface area contributed by atoms with E-state index in [9.17, 15) is 0 Å². The van der Waals surface area contributed by atoms with Crippen molar-refractivity contribution in [2.24, 2.45) is 0 Å². The Morgan fingerprint density at radius 1 is 0.529 bits per heavy atom. The van der Waals surface area contributed by atoms with E-state index in [1.807, 2.05) is 11.3 Å². The molecule has 1 aliphatic rings. The Bertz CT molecular complexity index is 2730. The molecule has 242 valence electrons. The summed E-state index contributed by atoms with van der Waals surface area (Å²) in [6.07, 6.45) is 9.12. The molecule has 10 rings (SSSR count). The fraction of sp³-hybridized carbons (Fsp3) is 0.0417. The third-order valence-corrected chi connectivity index (χ3v) is 11.4. The predicted octanol–water partition coefficient (Wildman–Crippen LogP) is 14.0. The summed E-state index contributed by atoms with van der Waals surface area (Å²) >= 11 is 1.90. The minimum absolute atomic E-state index is 1.10. The Balaban J connectivity index is 1.21. The number of thiophene rings is 1. The minimum Gasteiger partial charge on any atom is -0.311 e. The molecule has 0 saturated carbocycles. The Morgan fingerprint density at radius 3 is 1.86 bits per heavy atom. The number of rotatable bonds is 6. The number of hydrogen-bond acceptors (Lipinski definition) is 2. The second-order valence-corrected chi connectivity index (χ2v) is 14.3. The second-order valence-electron chi connectivity index (χ2n) is 13.2. The smallest absolute Gasteiger partial charge is 0.0726 e. The molecule has 51 heavy (non-hydrogen) atoms. The number of anilines is 3. The summed E-state index contributed by atoms with van der Waals surface area (Å²) in [4.78, 5) is 2.32. The summed E-state index contributed by atoms with van der Waals surface area (Å²) in [5, 5.41) is 5.17. The number of hydrogen-bond donors (Lipinski definition) is 0. The summed E-state index contributed by atoms with van der Waals surface area (Å²) in [5.41, 5.74) is 12.1. The molecule has 0 radical (unpaired) electrons. The highest BCUT2D eigenvalue weighted by Gasteiger charge is 2.22. The number of nitrogens with zero attached hydrogens (tertiary/aromatic N) is 2. The van der Waals surface area contributed by atoms with Gasteiger partial charge in [0.15, 0.2) is 0 Å². The average Bonchev–Trinajstić information content (AvgIpc) is 3.76. The van der Waals surface area contributed by atoms with Crippen LogP contribution in [0, 0.1) is 0 Å². The summed E-state index contributed by atoms with van der Waals surface area (Å²) in [5.74, 6) is 0. The lowest BCUT2D eigenvalue weighted by Crippen LogP contribution is -2.09. The molecule has 0 aliphatic heterocycles. The average molecular weight is 671 g/mol. The molecular weight excluding hydrogens is 637 g/mol. The van der Waals surface area contributed by atoms with E-state index in [0.717, 1.165) is 29.9 Å². The van der Waals surface area contributed by atoms with Gasteiger partial charge in [0.1, 0.15) is 0 Å². The highest BCUT2D eigenvalue weighted by atomic mass is 32.1. The zero-order valence-electron chi connectivity index (χ0n) is 28.0. The van der Waals surface area contributed by atoms with Crippen molar-refractivity contribution in [3.05, 3.63) is 188 Å². The van der Waals surface area contributed by atoms with Crippen LogP contribution in [-0.4, -0.2) is 4.57 Å². The first kappa shape index (κ1) is 29.7. The lowest BCUT2D eigenvalue weighted by atomic mass is 9.96. The first-order valence-electron chi connectivity index (χ1n) is 17.7. The van der Waals surface area contributed by atoms with Crippen LogP contribution >= 0.6 is 11.3 Å². The Morgan fingerprint density at radius 2 is 1.16 bits per heavy atom. The predicted molar refractivity (Wildman–Crippen MR) is 220 cm³/mol. The fourth-order valence-corrected chi connectivity index (χ4v) is 9.07. The molecule has 0 N–H and O–H groups in total. The standard InChI is InChI=1S/C48H34N2S/c1-4-14-33(15-5-1)34-24-28-39(29-25-34)50-44-22-12-10-21-41(44)46-42(32-43-40-20-11-13-23-45(40)51-48(43)47(46)50)35-26-30-38(31-27-35)49(36-16-6-2-7-17-36)37-18-8-3-9-19-37/h2-4,6-32H,1,5H2. The van der Waals surface area contributed by atoms with Gasteiger partial charge in [0.2, 0.25) is 0 Å². The first-order valence-corrected chi connectivity index (χ1v) is 18.5. The van der Waals surface area contributed by atoms with Crippen molar-refractivity contribution in [1.82, 2.24) is 4.57 Å². The summed E-state index contributed by atoms with van der Waals surface area (Å²) in [6, 6.07) is 59.8. The van der Waals surface area contributed by atoms with Gasteiger partial charge in [-0.15, -0.1) is 11.3 Å². The number of aromatic nitrogens is 1. The van der Waals surface area contributed by atoms with E-state index < -0.39 is 0 Å². The molecule has 2 nitrogen and oxygen atoms in total. The molecule has 0 unspecified atom stereocenters. The maximum atomic E-state index is 2.50. The molecular formula is C48H34N2S. The van der Waals surface area contributed by atoms with E-state index in [2.05, 4.69) is 191 Å². The molecule has 0 atom stereocenters. The molecule has 0 spiro atoms. The van der Waals surface area contributed by atoms with Crippen LogP contribution in [0.25, 0.3) is 64.4 Å². The van der Waals surface area contributed by atoms with E-state index in [1.54, 1.807) is 0 Å². The highest BCUT2D eigenvalue weighted by molar-refractivity contribution is 7.26. The van der Waals surface area contributed by atoms with Gasteiger partial charge in [0, 0.05) is 49.0 Å². The third kappa shape index (κ3) is 5.00. The number of allylic oxidation sites excluding steroid dienone is 4. The Hall–Kier alpha value is -6.16. The van der Waals surface area contributed by atoms with E-state index >= 15 is 0 Å². The van der Waals surface area contributed by atoms with E-state index in [-0.39, 0.29) is 0 Å². The number of fused-ring (bicyclic) bond motifs is 7. The van der Waals surface area contributed by atoms with E-state index in [4.69, 9.17) is 0 Å². The zero-order valence-corrected chi connectivity index (χ0v) is 28.9. The van der Waals surface area contributed by atoms with Crippen LogP contribution < -0.4 is 4.90 Å². The maximum Gasteiger partial charge on any atom is 0.0726 e. The lowest BCUT2D eigenvalue weighted by molar-refractivity contribution is 1.04. The van der Waals surface area contributed by atoms with Crippen LogP contribution in [0.15, 0.2) is 182 Å². The van der Waals surface area contributed by atoms with Gasteiger partial charge < -0.3 is 9.47 Å². The molecule has 0 amide bonds. The van der Waals surface area contributed by atoms with Crippen LogP contribution in [0.4, 0.5) is 17.1 Å². The van der Waals surface area contributed by atoms with Crippen molar-refractivity contribution in [3.63, 3.8) is 0 Å². The van der Waals surface area contributed by atoms with Crippen LogP contribution in [-0.2, 0) is 0 Å². The third-order valence-electron chi connectivity index (χ3n) is 10.2. The first-order chi connectivity index (χ1) is 25.3. The highest BCUT2D eigenvalue weighted by Crippen LogP contribution is 2.48. The Labute approximate surface area is 301 Å². The van der Waals surface area contributed by atoms with Gasteiger partial charge in [0.25, 0.3) is 0 Å². The SMILES string of the molecule is C1=CC(c2ccc(-n3c4ccccc4c4c(-c5ccc(N(c6ccccc6)c6ccccc6)cc5)cc5c6ccccc6sc5c43)cc2)=CCC1. The second kappa shape index (κ2) is 12.3. The molecule has 0 saturated heterocycles. The summed E-state index contributed by atoms with van der Waals surface area (Å²) < 4.78 is 5.14. The topological polar surface area (TPSA) is 8.17 Å². The van der Waals surface area contributed by atoms with Crippen molar-refractivity contribution in [3.8, 4) is 16.8 Å². The van der Waals surface area contributed by atoms with Crippen LogP contribution in [0.1, 0.15) is 18.4 Å². The molecule has 3 heteroatoms. The van der Waals surface area contributed by atoms with E-state index in [1.165, 1.54) is 69.9 Å². The molecule has 9 aromatic rings. The van der Waals surface area contributed by atoms with Gasteiger partial charge in [-0.05, 0) is 102 Å². The van der Waals surface area contributed by atoms with Crippen molar-refractivity contribution in [1.29, 1.82) is 0 Å². The van der Waals surface area contributed by atoms with Crippen molar-refractivity contribution in [2.75, 3.05) is 4.90 Å². The normalized spacial score (nSPS) is 13.0. The number of para-hydroxylation sites is 3. The van der Waals surface area contributed by atoms with Gasteiger partial charge in [-0.2, -0.15) is 0 Å². The summed E-state index contributed by atoms with van der Waals surface area (Å²) in [6.45, 7) is 0. The van der Waals surface area contributed by atoms with Crippen molar-refractivity contribution in [2.45, 2.75) is 12.8 Å². The van der Waals surface area contributed by atoms with Crippen molar-refractivity contribution >= 4 is 76.0 Å². The monoisotopic (exact) mass is 670 g/mol. The van der Waals surface area contributed by atoms with Crippen molar-refractivity contribution < 1.29 is 0 Å². The van der Waals surface area contributed by atoms with Crippen LogP contribution in [0.3, 0.4) is 0 Å². The molecule has 0 fully saturated rings. The van der Waals surface area contributed by atoms with Crippen LogP contribution in [0.5, 0.6) is 0 Å². The molecule has 7 aromatic carbocycles. The van der Waals surface area contributed by atoms with Gasteiger partial charge in [0.05, 0.1) is 15.7 Å².